The molecule has 0 radical (unpaired) electrons. The maximum Gasteiger partial charge on any atom is 0.273 e. The van der Waals surface area contributed by atoms with Crippen LogP contribution in [-0.2, 0) is 4.79 Å². The molecule has 2 aromatic rings. The zero-order valence-corrected chi connectivity index (χ0v) is 12.2. The summed E-state index contributed by atoms with van der Waals surface area (Å²) in [6.07, 6.45) is 0.318. The molecule has 1 aromatic carbocycles. The molecule has 98 valence electrons. The number of nitrogens with zero attached hydrogens (tertiary/aromatic N) is 1. The van der Waals surface area contributed by atoms with Crippen LogP contribution in [0.4, 0.5) is 0 Å². The van der Waals surface area contributed by atoms with E-state index < -0.39 is 12.0 Å². The summed E-state index contributed by atoms with van der Waals surface area (Å²) < 4.78 is 0.967. The predicted molar refractivity (Wildman–Crippen MR) is 79.2 cm³/mol. The molecule has 1 heterocycles. The van der Waals surface area contributed by atoms with Crippen LogP contribution in [0.15, 0.2) is 51.4 Å². The molecule has 0 bridgehead atoms. The van der Waals surface area contributed by atoms with E-state index in [0.29, 0.717) is 5.56 Å². The molecule has 0 spiro atoms. The van der Waals surface area contributed by atoms with Gasteiger partial charge in [0.1, 0.15) is 0 Å². The normalized spacial score (nSPS) is 12.5. The Morgan fingerprint density at radius 1 is 1.42 bits per heavy atom. The molecule has 1 amide bonds. The maximum absolute atomic E-state index is 11.7. The Bertz CT molecular complexity index is 583. The van der Waals surface area contributed by atoms with Crippen molar-refractivity contribution >= 4 is 39.4 Å². The van der Waals surface area contributed by atoms with Crippen molar-refractivity contribution in [2.75, 3.05) is 0 Å². The molecule has 0 fully saturated rings. The second kappa shape index (κ2) is 6.60. The van der Waals surface area contributed by atoms with Crippen LogP contribution >= 0.6 is 27.3 Å². The van der Waals surface area contributed by atoms with E-state index in [1.54, 1.807) is 24.3 Å². The van der Waals surface area contributed by atoms with Gasteiger partial charge in [0.2, 0.25) is 0 Å². The highest BCUT2D eigenvalue weighted by Crippen LogP contribution is 2.17. The van der Waals surface area contributed by atoms with Gasteiger partial charge in [-0.2, -0.15) is 5.10 Å². The van der Waals surface area contributed by atoms with E-state index in [9.17, 15) is 9.90 Å². The fourth-order valence-electron chi connectivity index (χ4n) is 1.40. The Hall–Kier alpha value is -1.50. The first-order valence-corrected chi connectivity index (χ1v) is 7.14. The maximum atomic E-state index is 11.7. The summed E-state index contributed by atoms with van der Waals surface area (Å²) in [5.74, 6) is -0.557. The van der Waals surface area contributed by atoms with Gasteiger partial charge >= 0.3 is 0 Å². The Labute approximate surface area is 122 Å². The highest BCUT2D eigenvalue weighted by Gasteiger charge is 2.15. The van der Waals surface area contributed by atoms with Crippen LogP contribution in [0.2, 0.25) is 0 Å². The van der Waals surface area contributed by atoms with E-state index in [-0.39, 0.29) is 0 Å². The number of aliphatic hydroxyl groups excluding tert-OH is 1. The number of nitrogens with one attached hydrogen (secondary N) is 1. The van der Waals surface area contributed by atoms with E-state index >= 15 is 0 Å². The zero-order valence-electron chi connectivity index (χ0n) is 9.79. The number of hydrogen-bond acceptors (Lipinski definition) is 4. The second-order valence-electron chi connectivity index (χ2n) is 3.71. The van der Waals surface area contributed by atoms with Gasteiger partial charge in [-0.05, 0) is 27.6 Å². The van der Waals surface area contributed by atoms with Crippen LogP contribution in [0.1, 0.15) is 16.5 Å². The topological polar surface area (TPSA) is 61.7 Å². The Balaban J connectivity index is 1.93. The summed E-state index contributed by atoms with van der Waals surface area (Å²) in [4.78, 5) is 12.6. The molecular weight excluding hydrogens is 328 g/mol. The number of benzene rings is 1. The van der Waals surface area contributed by atoms with Crippen molar-refractivity contribution < 1.29 is 9.90 Å². The number of aliphatic hydroxyl groups is 1. The highest BCUT2D eigenvalue weighted by atomic mass is 79.9. The summed E-state index contributed by atoms with van der Waals surface area (Å²) in [7, 11) is 0. The first-order valence-electron chi connectivity index (χ1n) is 5.47. The molecule has 2 N–H and O–H groups in total. The van der Waals surface area contributed by atoms with E-state index in [1.165, 1.54) is 17.6 Å². The SMILES string of the molecule is O=C(N/N=C\c1cc(Br)cs1)[C@H](O)c1ccccc1. The van der Waals surface area contributed by atoms with Gasteiger partial charge in [0.05, 0.1) is 6.21 Å². The van der Waals surface area contributed by atoms with Gasteiger partial charge < -0.3 is 5.11 Å². The minimum Gasteiger partial charge on any atom is -0.378 e. The monoisotopic (exact) mass is 338 g/mol. The van der Waals surface area contributed by atoms with Crippen LogP contribution in [0.25, 0.3) is 0 Å². The molecule has 0 unspecified atom stereocenters. The van der Waals surface area contributed by atoms with E-state index in [1.807, 2.05) is 17.5 Å². The largest absolute Gasteiger partial charge is 0.378 e. The minimum atomic E-state index is -1.21. The first kappa shape index (κ1) is 13.9. The van der Waals surface area contributed by atoms with E-state index in [2.05, 4.69) is 26.5 Å². The number of hydrazone groups is 1. The summed E-state index contributed by atoms with van der Waals surface area (Å²) in [5, 5.41) is 15.5. The lowest BCUT2D eigenvalue weighted by Gasteiger charge is -2.08. The molecule has 0 saturated heterocycles. The molecule has 6 heteroatoms. The smallest absolute Gasteiger partial charge is 0.273 e. The molecule has 0 aliphatic carbocycles. The lowest BCUT2D eigenvalue weighted by molar-refractivity contribution is -0.129. The van der Waals surface area contributed by atoms with Crippen LogP contribution in [-0.4, -0.2) is 17.2 Å². The molecule has 0 aliphatic heterocycles. The Morgan fingerprint density at radius 2 is 2.16 bits per heavy atom. The standard InChI is InChI=1S/C13H11BrN2O2S/c14-10-6-11(19-8-10)7-15-16-13(18)12(17)9-4-2-1-3-5-9/h1-8,12,17H,(H,16,18)/b15-7-/t12-/m1/s1. The number of carbonyl (C=O) groups excluding carboxylic acids is 1. The molecule has 1 aromatic heterocycles. The van der Waals surface area contributed by atoms with E-state index in [4.69, 9.17) is 0 Å². The average molecular weight is 339 g/mol. The number of amides is 1. The summed E-state index contributed by atoms with van der Waals surface area (Å²) in [6, 6.07) is 10.6. The molecule has 2 rings (SSSR count). The van der Waals surface area contributed by atoms with Crippen molar-refractivity contribution in [3.63, 3.8) is 0 Å². The van der Waals surface area contributed by atoms with Crippen molar-refractivity contribution in [3.05, 3.63) is 56.7 Å². The number of thiophene rings is 1. The third-order valence-electron chi connectivity index (χ3n) is 2.32. The summed E-state index contributed by atoms with van der Waals surface area (Å²) in [5.41, 5.74) is 2.85. The van der Waals surface area contributed by atoms with Crippen LogP contribution in [0, 0.1) is 0 Å². The number of carbonyl (C=O) groups is 1. The average Bonchev–Trinajstić information content (AvgIpc) is 2.84. The molecule has 4 nitrogen and oxygen atoms in total. The fourth-order valence-corrected chi connectivity index (χ4v) is 2.71. The Morgan fingerprint density at radius 3 is 2.79 bits per heavy atom. The molecule has 1 atom stereocenters. The number of hydrogen-bond donors (Lipinski definition) is 2. The molecular formula is C13H11BrN2O2S. The predicted octanol–water partition coefficient (Wildman–Crippen LogP) is 2.69. The molecule has 0 saturated carbocycles. The summed E-state index contributed by atoms with van der Waals surface area (Å²) >= 11 is 4.82. The van der Waals surface area contributed by atoms with Gasteiger partial charge in [-0.15, -0.1) is 11.3 Å². The third-order valence-corrected chi connectivity index (χ3v) is 3.95. The number of rotatable bonds is 4. The van der Waals surface area contributed by atoms with Gasteiger partial charge in [0, 0.05) is 14.7 Å². The quantitative estimate of drug-likeness (QED) is 0.665. The van der Waals surface area contributed by atoms with E-state index in [0.717, 1.165) is 9.35 Å². The molecule has 0 aliphatic rings. The van der Waals surface area contributed by atoms with Crippen LogP contribution in [0.5, 0.6) is 0 Å². The minimum absolute atomic E-state index is 0.536. The zero-order chi connectivity index (χ0) is 13.7. The van der Waals surface area contributed by atoms with Crippen LogP contribution < -0.4 is 5.43 Å². The van der Waals surface area contributed by atoms with Crippen molar-refractivity contribution in [1.82, 2.24) is 5.43 Å². The van der Waals surface area contributed by atoms with Gasteiger partial charge in [0.15, 0.2) is 6.10 Å². The lowest BCUT2D eigenvalue weighted by atomic mass is 10.1. The van der Waals surface area contributed by atoms with Crippen molar-refractivity contribution in [1.29, 1.82) is 0 Å². The number of halogens is 1. The molecule has 19 heavy (non-hydrogen) atoms. The highest BCUT2D eigenvalue weighted by molar-refractivity contribution is 9.10. The van der Waals surface area contributed by atoms with Crippen molar-refractivity contribution in [2.45, 2.75) is 6.10 Å². The van der Waals surface area contributed by atoms with Crippen molar-refractivity contribution in [3.8, 4) is 0 Å². The Kier molecular flexibility index (Phi) is 4.84. The van der Waals surface area contributed by atoms with Gasteiger partial charge in [-0.1, -0.05) is 30.3 Å². The first-order chi connectivity index (χ1) is 9.16. The van der Waals surface area contributed by atoms with Gasteiger partial charge in [0.25, 0.3) is 5.91 Å². The summed E-state index contributed by atoms with van der Waals surface area (Å²) in [6.45, 7) is 0. The van der Waals surface area contributed by atoms with Crippen molar-refractivity contribution in [2.24, 2.45) is 5.10 Å². The van der Waals surface area contributed by atoms with Crippen LogP contribution in [0.3, 0.4) is 0 Å². The van der Waals surface area contributed by atoms with Gasteiger partial charge in [-0.25, -0.2) is 5.43 Å². The fraction of sp³-hybridized carbons (Fsp3) is 0.0769. The lowest BCUT2D eigenvalue weighted by Crippen LogP contribution is -2.25. The third kappa shape index (κ3) is 3.99. The van der Waals surface area contributed by atoms with Gasteiger partial charge in [-0.3, -0.25) is 4.79 Å². The second-order valence-corrected chi connectivity index (χ2v) is 5.57.